The minimum absolute atomic E-state index is 0.0261. The van der Waals surface area contributed by atoms with Gasteiger partial charge in [0.2, 0.25) is 11.8 Å². The largest absolute Gasteiger partial charge is 0.325 e. The molecule has 8 heteroatoms. The highest BCUT2D eigenvalue weighted by molar-refractivity contribution is 6.07. The summed E-state index contributed by atoms with van der Waals surface area (Å²) in [5, 5.41) is 16.0. The summed E-state index contributed by atoms with van der Waals surface area (Å²) in [6.45, 7) is 0.856. The van der Waals surface area contributed by atoms with E-state index >= 15 is 0 Å². The number of ketones is 1. The number of amides is 2. The molecule has 1 spiro atoms. The van der Waals surface area contributed by atoms with E-state index in [-0.39, 0.29) is 55.3 Å². The van der Waals surface area contributed by atoms with Gasteiger partial charge in [0.1, 0.15) is 11.9 Å². The van der Waals surface area contributed by atoms with Gasteiger partial charge in [-0.2, -0.15) is 5.26 Å². The quantitative estimate of drug-likeness (QED) is 0.670. The number of nitrogens with zero attached hydrogens (tertiary/aromatic N) is 2. The molecule has 3 heterocycles. The Hall–Kier alpha value is -3.57. The first kappa shape index (κ1) is 23.2. The van der Waals surface area contributed by atoms with Crippen molar-refractivity contribution in [2.75, 3.05) is 18.4 Å². The summed E-state index contributed by atoms with van der Waals surface area (Å²) in [4.78, 5) is 41.5. The van der Waals surface area contributed by atoms with Crippen LogP contribution >= 0.6 is 0 Å². The molecule has 2 aromatic carbocycles. The number of fused-ring (bicyclic) bond motifs is 2. The van der Waals surface area contributed by atoms with E-state index in [2.05, 4.69) is 16.7 Å². The molecule has 2 saturated heterocycles. The van der Waals surface area contributed by atoms with Crippen molar-refractivity contribution >= 4 is 23.3 Å². The number of nitriles is 1. The van der Waals surface area contributed by atoms with Crippen molar-refractivity contribution in [3.8, 4) is 6.07 Å². The third-order valence-corrected chi connectivity index (χ3v) is 7.56. The lowest BCUT2D eigenvalue weighted by Gasteiger charge is -2.27. The van der Waals surface area contributed by atoms with E-state index in [9.17, 15) is 24.0 Å². The first-order chi connectivity index (χ1) is 16.9. The molecule has 0 radical (unpaired) electrons. The van der Waals surface area contributed by atoms with Gasteiger partial charge in [0.15, 0.2) is 5.78 Å². The Balaban J connectivity index is 1.43. The molecule has 4 atom stereocenters. The van der Waals surface area contributed by atoms with Crippen LogP contribution < -0.4 is 10.6 Å². The zero-order valence-electron chi connectivity index (χ0n) is 19.3. The minimum Gasteiger partial charge on any atom is -0.325 e. The Morgan fingerprint density at radius 3 is 2.69 bits per heavy atom. The summed E-state index contributed by atoms with van der Waals surface area (Å²) in [5.41, 5.74) is 1.25. The molecular formula is C27H27FN4O3. The van der Waals surface area contributed by atoms with Crippen LogP contribution in [0.4, 0.5) is 10.1 Å². The number of nitrogens with one attached hydrogen (secondary N) is 2. The second-order valence-electron chi connectivity index (χ2n) is 9.74. The van der Waals surface area contributed by atoms with Crippen molar-refractivity contribution in [1.82, 2.24) is 10.2 Å². The average Bonchev–Trinajstić information content (AvgIpc) is 3.59. The molecular weight excluding hydrogens is 447 g/mol. The standard InChI is InChI=1S/C27H27FN4O3/c28-19-9-7-17(8-10-19)12-18(13-24(33)23-6-3-11-30-23)25(34)32-16-27(14-20(32)15-29)21-4-1-2-5-22(21)31-26(27)35/h1-2,4-5,7-10,18,20,23,30H,3,6,11-14,16H2,(H,31,35)/t18-,20+,23+,27+/m1/s1. The number of anilines is 1. The summed E-state index contributed by atoms with van der Waals surface area (Å²) in [7, 11) is 0. The second kappa shape index (κ2) is 9.23. The topological polar surface area (TPSA) is 102 Å². The summed E-state index contributed by atoms with van der Waals surface area (Å²) in [5.74, 6) is -1.65. The minimum atomic E-state index is -0.982. The molecule has 2 amide bonds. The number of carbonyl (C=O) groups is 3. The molecule has 2 fully saturated rings. The number of hydrogen-bond donors (Lipinski definition) is 2. The molecule has 7 nitrogen and oxygen atoms in total. The molecule has 0 bridgehead atoms. The lowest BCUT2D eigenvalue weighted by atomic mass is 9.80. The van der Waals surface area contributed by atoms with Gasteiger partial charge in [-0.15, -0.1) is 0 Å². The van der Waals surface area contributed by atoms with Crippen LogP contribution in [0.1, 0.15) is 36.8 Å². The van der Waals surface area contributed by atoms with E-state index in [0.29, 0.717) is 5.69 Å². The van der Waals surface area contributed by atoms with Gasteiger partial charge in [0, 0.05) is 31.0 Å². The van der Waals surface area contributed by atoms with E-state index < -0.39 is 17.4 Å². The van der Waals surface area contributed by atoms with Crippen LogP contribution in [0.5, 0.6) is 0 Å². The first-order valence-electron chi connectivity index (χ1n) is 12.0. The van der Waals surface area contributed by atoms with Crippen molar-refractivity contribution < 1.29 is 18.8 Å². The molecule has 2 aromatic rings. The van der Waals surface area contributed by atoms with Crippen LogP contribution in [-0.4, -0.2) is 47.7 Å². The van der Waals surface area contributed by atoms with E-state index in [1.54, 1.807) is 12.1 Å². The fourth-order valence-electron chi connectivity index (χ4n) is 5.72. The maximum absolute atomic E-state index is 13.9. The average molecular weight is 475 g/mol. The van der Waals surface area contributed by atoms with Crippen LogP contribution in [0.25, 0.3) is 0 Å². The van der Waals surface area contributed by atoms with Crippen molar-refractivity contribution in [2.24, 2.45) is 5.92 Å². The number of rotatable bonds is 6. The van der Waals surface area contributed by atoms with Gasteiger partial charge in [0.05, 0.1) is 17.5 Å². The smallest absolute Gasteiger partial charge is 0.237 e. The fraction of sp³-hybridized carbons (Fsp3) is 0.407. The van der Waals surface area contributed by atoms with Crippen LogP contribution in [0.3, 0.4) is 0 Å². The molecule has 5 rings (SSSR count). The van der Waals surface area contributed by atoms with Gasteiger partial charge < -0.3 is 15.5 Å². The lowest BCUT2D eigenvalue weighted by molar-refractivity contribution is -0.138. The van der Waals surface area contributed by atoms with E-state index in [1.165, 1.54) is 17.0 Å². The van der Waals surface area contributed by atoms with E-state index in [1.807, 2.05) is 24.3 Å². The lowest BCUT2D eigenvalue weighted by Crippen LogP contribution is -2.44. The molecule has 0 saturated carbocycles. The van der Waals surface area contributed by atoms with E-state index in [4.69, 9.17) is 0 Å². The Morgan fingerprint density at radius 2 is 1.97 bits per heavy atom. The first-order valence-corrected chi connectivity index (χ1v) is 12.0. The molecule has 180 valence electrons. The highest BCUT2D eigenvalue weighted by Crippen LogP contribution is 2.46. The Kier molecular flexibility index (Phi) is 6.12. The normalized spacial score (nSPS) is 25.8. The van der Waals surface area contributed by atoms with Crippen LogP contribution in [0, 0.1) is 23.1 Å². The number of hydrogen-bond acceptors (Lipinski definition) is 5. The number of carbonyl (C=O) groups excluding carboxylic acids is 3. The van der Waals surface area contributed by atoms with Crippen LogP contribution in [0.2, 0.25) is 0 Å². The Morgan fingerprint density at radius 1 is 1.20 bits per heavy atom. The van der Waals surface area contributed by atoms with E-state index in [0.717, 1.165) is 30.5 Å². The molecule has 3 aliphatic heterocycles. The molecule has 0 aliphatic carbocycles. The summed E-state index contributed by atoms with van der Waals surface area (Å²) < 4.78 is 13.5. The van der Waals surface area contributed by atoms with Gasteiger partial charge in [-0.05, 0) is 55.1 Å². The molecule has 0 aromatic heterocycles. The summed E-state index contributed by atoms with van der Waals surface area (Å²) in [6, 6.07) is 14.4. The number of likely N-dealkylation sites (tertiary alicyclic amines) is 1. The highest BCUT2D eigenvalue weighted by atomic mass is 19.1. The van der Waals surface area contributed by atoms with Gasteiger partial charge in [0.25, 0.3) is 0 Å². The van der Waals surface area contributed by atoms with Gasteiger partial charge in [-0.3, -0.25) is 14.4 Å². The zero-order valence-corrected chi connectivity index (χ0v) is 19.3. The predicted octanol–water partition coefficient (Wildman–Crippen LogP) is 2.71. The van der Waals surface area contributed by atoms with Crippen LogP contribution in [-0.2, 0) is 26.2 Å². The second-order valence-corrected chi connectivity index (χ2v) is 9.74. The van der Waals surface area contributed by atoms with Crippen molar-refractivity contribution in [3.63, 3.8) is 0 Å². The number of benzene rings is 2. The van der Waals surface area contributed by atoms with Crippen molar-refractivity contribution in [1.29, 1.82) is 5.26 Å². The highest BCUT2D eigenvalue weighted by Gasteiger charge is 2.56. The zero-order chi connectivity index (χ0) is 24.6. The fourth-order valence-corrected chi connectivity index (χ4v) is 5.72. The SMILES string of the molecule is N#C[C@@H]1C[C@@]2(CN1C(=O)[C@@H](CC(=O)[C@@H]1CCCN1)Cc1ccc(F)cc1)C(=O)Nc1ccccc12. The monoisotopic (exact) mass is 474 g/mol. The molecule has 0 unspecified atom stereocenters. The Bertz CT molecular complexity index is 1200. The third kappa shape index (κ3) is 4.21. The molecule has 35 heavy (non-hydrogen) atoms. The number of para-hydroxylation sites is 1. The number of halogens is 1. The van der Waals surface area contributed by atoms with Crippen molar-refractivity contribution in [2.45, 2.75) is 49.6 Å². The maximum Gasteiger partial charge on any atom is 0.237 e. The third-order valence-electron chi connectivity index (χ3n) is 7.56. The van der Waals surface area contributed by atoms with Gasteiger partial charge in [-0.1, -0.05) is 30.3 Å². The summed E-state index contributed by atoms with van der Waals surface area (Å²) >= 11 is 0. The van der Waals surface area contributed by atoms with Gasteiger partial charge >= 0.3 is 0 Å². The Labute approximate surface area is 203 Å². The van der Waals surface area contributed by atoms with Crippen molar-refractivity contribution in [3.05, 3.63) is 65.5 Å². The van der Waals surface area contributed by atoms with Gasteiger partial charge in [-0.25, -0.2) is 4.39 Å². The van der Waals surface area contributed by atoms with Crippen LogP contribution in [0.15, 0.2) is 48.5 Å². The summed E-state index contributed by atoms with van der Waals surface area (Å²) in [6.07, 6.45) is 2.13. The molecule has 3 aliphatic rings. The predicted molar refractivity (Wildman–Crippen MR) is 127 cm³/mol. The maximum atomic E-state index is 13.9. The number of Topliss-reactive ketones (excluding diaryl/α,β-unsaturated/α-hetero) is 1. The molecule has 2 N–H and O–H groups in total.